The molecule has 118 valence electrons. The smallest absolute Gasteiger partial charge is 0.302 e. The maximum absolute atomic E-state index is 11.0. The quantitative estimate of drug-likeness (QED) is 0.360. The van der Waals surface area contributed by atoms with E-state index in [2.05, 4.69) is 6.92 Å². The number of ketones is 1. The highest BCUT2D eigenvalue weighted by atomic mass is 16.5. The van der Waals surface area contributed by atoms with Crippen molar-refractivity contribution in [1.82, 2.24) is 0 Å². The zero-order valence-corrected chi connectivity index (χ0v) is 13.6. The van der Waals surface area contributed by atoms with E-state index in [0.29, 0.717) is 12.8 Å². The maximum Gasteiger partial charge on any atom is 0.302 e. The Balaban J connectivity index is 3.62. The largest absolute Gasteiger partial charge is 0.463 e. The molecule has 1 atom stereocenters. The molecule has 3 nitrogen and oxygen atoms in total. The summed E-state index contributed by atoms with van der Waals surface area (Å²) in [7, 11) is 0. The van der Waals surface area contributed by atoms with E-state index >= 15 is 0 Å². The topological polar surface area (TPSA) is 43.4 Å². The predicted octanol–water partition coefficient (Wildman–Crippen LogP) is 4.82. The van der Waals surface area contributed by atoms with Crippen LogP contribution in [0.5, 0.6) is 0 Å². The van der Waals surface area contributed by atoms with E-state index in [1.807, 2.05) is 0 Å². The Bertz CT molecular complexity index is 261. The first-order valence-corrected chi connectivity index (χ1v) is 8.23. The lowest BCUT2D eigenvalue weighted by molar-refractivity contribution is -0.147. The number of esters is 1. The van der Waals surface area contributed by atoms with E-state index in [0.717, 1.165) is 12.8 Å². The normalized spacial score (nSPS) is 12.2. The third kappa shape index (κ3) is 13.6. The summed E-state index contributed by atoms with van der Waals surface area (Å²) in [6, 6.07) is 0. The Morgan fingerprint density at radius 3 is 1.90 bits per heavy atom. The van der Waals surface area contributed by atoms with Gasteiger partial charge in [0.15, 0.2) is 0 Å². The van der Waals surface area contributed by atoms with Crippen LogP contribution in [0.15, 0.2) is 0 Å². The average Bonchev–Trinajstić information content (AvgIpc) is 2.38. The minimum absolute atomic E-state index is 0.0727. The molecule has 0 saturated heterocycles. The van der Waals surface area contributed by atoms with Gasteiger partial charge in [-0.25, -0.2) is 0 Å². The van der Waals surface area contributed by atoms with Gasteiger partial charge in [0.2, 0.25) is 0 Å². The summed E-state index contributed by atoms with van der Waals surface area (Å²) in [4.78, 5) is 22.0. The minimum atomic E-state index is -0.238. The van der Waals surface area contributed by atoms with Crippen LogP contribution in [0.25, 0.3) is 0 Å². The molecule has 0 rings (SSSR count). The number of hydrogen-bond donors (Lipinski definition) is 0. The lowest BCUT2D eigenvalue weighted by atomic mass is 10.0. The number of unbranched alkanes of at least 4 members (excludes halogenated alkanes) is 7. The van der Waals surface area contributed by atoms with Gasteiger partial charge < -0.3 is 9.53 Å². The molecule has 0 saturated carbocycles. The van der Waals surface area contributed by atoms with Gasteiger partial charge in [0.1, 0.15) is 11.9 Å². The zero-order valence-electron chi connectivity index (χ0n) is 13.6. The maximum atomic E-state index is 11.0. The van der Waals surface area contributed by atoms with Crippen molar-refractivity contribution in [1.29, 1.82) is 0 Å². The molecule has 0 fully saturated rings. The van der Waals surface area contributed by atoms with Crippen LogP contribution in [0.2, 0.25) is 0 Å². The molecule has 0 amide bonds. The summed E-state index contributed by atoms with van der Waals surface area (Å²) in [5, 5.41) is 0. The van der Waals surface area contributed by atoms with Crippen molar-refractivity contribution in [3.05, 3.63) is 0 Å². The lowest BCUT2D eigenvalue weighted by Crippen LogP contribution is -2.17. The molecule has 0 aliphatic carbocycles. The van der Waals surface area contributed by atoms with Crippen LogP contribution in [-0.2, 0) is 14.3 Å². The number of ether oxygens (including phenoxy) is 1. The van der Waals surface area contributed by atoms with Crippen molar-refractivity contribution in [2.45, 2.75) is 97.5 Å². The number of rotatable bonds is 13. The van der Waals surface area contributed by atoms with Crippen LogP contribution in [0.4, 0.5) is 0 Å². The molecular formula is C17H32O3. The van der Waals surface area contributed by atoms with Crippen molar-refractivity contribution in [3.8, 4) is 0 Å². The lowest BCUT2D eigenvalue weighted by Gasteiger charge is -2.16. The molecular weight excluding hydrogens is 252 g/mol. The van der Waals surface area contributed by atoms with E-state index in [9.17, 15) is 9.59 Å². The fourth-order valence-electron chi connectivity index (χ4n) is 2.37. The second-order valence-corrected chi connectivity index (χ2v) is 5.74. The molecule has 0 N–H and O–H groups in total. The summed E-state index contributed by atoms with van der Waals surface area (Å²) in [5.74, 6) is -0.0730. The number of Topliss-reactive ketones (excluding diaryl/α,β-unsaturated/α-hetero) is 1. The first-order valence-electron chi connectivity index (χ1n) is 8.23. The molecule has 20 heavy (non-hydrogen) atoms. The van der Waals surface area contributed by atoms with E-state index in [1.165, 1.54) is 51.9 Å². The minimum Gasteiger partial charge on any atom is -0.463 e. The van der Waals surface area contributed by atoms with E-state index < -0.39 is 0 Å². The van der Waals surface area contributed by atoms with E-state index in [4.69, 9.17) is 4.74 Å². The monoisotopic (exact) mass is 284 g/mol. The zero-order chi connectivity index (χ0) is 15.2. The van der Waals surface area contributed by atoms with Crippen LogP contribution < -0.4 is 0 Å². The molecule has 0 heterocycles. The Hall–Kier alpha value is -0.860. The van der Waals surface area contributed by atoms with Crippen molar-refractivity contribution in [2.24, 2.45) is 0 Å². The first kappa shape index (κ1) is 19.1. The van der Waals surface area contributed by atoms with Crippen molar-refractivity contribution < 1.29 is 14.3 Å². The van der Waals surface area contributed by atoms with Gasteiger partial charge in [0, 0.05) is 13.3 Å². The standard InChI is InChI=1S/C17H32O3/c1-4-5-6-7-8-9-10-11-12-17(20-16(3)19)14-13-15(2)18/h17H,4-14H2,1-3H3. The van der Waals surface area contributed by atoms with Gasteiger partial charge in [-0.1, -0.05) is 51.9 Å². The number of hydrogen-bond acceptors (Lipinski definition) is 3. The molecule has 0 aromatic carbocycles. The molecule has 0 aromatic heterocycles. The highest BCUT2D eigenvalue weighted by molar-refractivity contribution is 5.75. The van der Waals surface area contributed by atoms with Crippen molar-refractivity contribution in [3.63, 3.8) is 0 Å². The molecule has 1 unspecified atom stereocenters. The number of carbonyl (C=O) groups excluding carboxylic acids is 2. The fraction of sp³-hybridized carbons (Fsp3) is 0.882. The Morgan fingerprint density at radius 2 is 1.40 bits per heavy atom. The molecule has 3 heteroatoms. The summed E-state index contributed by atoms with van der Waals surface area (Å²) in [6.45, 7) is 5.26. The first-order chi connectivity index (χ1) is 9.56. The van der Waals surface area contributed by atoms with Crippen LogP contribution in [0, 0.1) is 0 Å². The third-order valence-electron chi connectivity index (χ3n) is 3.53. The van der Waals surface area contributed by atoms with Gasteiger partial charge in [-0.3, -0.25) is 4.79 Å². The van der Waals surface area contributed by atoms with Gasteiger partial charge in [-0.05, 0) is 26.2 Å². The molecule has 0 aromatic rings. The predicted molar refractivity (Wildman–Crippen MR) is 82.7 cm³/mol. The SMILES string of the molecule is CCCCCCCCCCC(CCC(C)=O)OC(C)=O. The summed E-state index contributed by atoms with van der Waals surface area (Å²) in [6.07, 6.45) is 12.2. The third-order valence-corrected chi connectivity index (χ3v) is 3.53. The fourth-order valence-corrected chi connectivity index (χ4v) is 2.37. The van der Waals surface area contributed by atoms with Crippen LogP contribution in [-0.4, -0.2) is 17.9 Å². The molecule has 0 spiro atoms. The molecule has 0 aliphatic heterocycles. The molecule has 0 aliphatic rings. The van der Waals surface area contributed by atoms with Gasteiger partial charge >= 0.3 is 5.97 Å². The van der Waals surface area contributed by atoms with Crippen molar-refractivity contribution in [2.75, 3.05) is 0 Å². The second-order valence-electron chi connectivity index (χ2n) is 5.74. The highest BCUT2D eigenvalue weighted by Gasteiger charge is 2.12. The molecule has 0 bridgehead atoms. The molecule has 0 radical (unpaired) electrons. The Kier molecular flexibility index (Phi) is 12.6. The van der Waals surface area contributed by atoms with Crippen LogP contribution in [0.3, 0.4) is 0 Å². The second kappa shape index (κ2) is 13.1. The van der Waals surface area contributed by atoms with Gasteiger partial charge in [-0.15, -0.1) is 0 Å². The average molecular weight is 284 g/mol. The Morgan fingerprint density at radius 1 is 0.850 bits per heavy atom. The van der Waals surface area contributed by atoms with Crippen LogP contribution in [0.1, 0.15) is 91.4 Å². The van der Waals surface area contributed by atoms with E-state index in [-0.39, 0.29) is 17.9 Å². The van der Waals surface area contributed by atoms with Crippen LogP contribution >= 0.6 is 0 Å². The van der Waals surface area contributed by atoms with Gasteiger partial charge in [0.05, 0.1) is 0 Å². The highest BCUT2D eigenvalue weighted by Crippen LogP contribution is 2.15. The summed E-state index contributed by atoms with van der Waals surface area (Å²) in [5.41, 5.74) is 0. The van der Waals surface area contributed by atoms with Crippen molar-refractivity contribution >= 4 is 11.8 Å². The van der Waals surface area contributed by atoms with Gasteiger partial charge in [-0.2, -0.15) is 0 Å². The number of carbonyl (C=O) groups is 2. The summed E-state index contributed by atoms with van der Waals surface area (Å²) < 4.78 is 5.27. The van der Waals surface area contributed by atoms with Gasteiger partial charge in [0.25, 0.3) is 0 Å². The summed E-state index contributed by atoms with van der Waals surface area (Å²) >= 11 is 0. The van der Waals surface area contributed by atoms with E-state index in [1.54, 1.807) is 6.92 Å². The Labute approximate surface area is 124 Å².